The molecule has 1 aromatic heterocycles. The summed E-state index contributed by atoms with van der Waals surface area (Å²) in [6, 6.07) is 10.4. The zero-order valence-electron chi connectivity index (χ0n) is 14.9. The van der Waals surface area contributed by atoms with E-state index in [9.17, 15) is 13.2 Å². The van der Waals surface area contributed by atoms with E-state index in [0.29, 0.717) is 25.4 Å². The molecule has 1 fully saturated rings. The lowest BCUT2D eigenvalue weighted by Crippen LogP contribution is -2.36. The van der Waals surface area contributed by atoms with E-state index in [2.05, 4.69) is 0 Å². The lowest BCUT2D eigenvalue weighted by molar-refractivity contribution is 0.414. The second kappa shape index (κ2) is 8.05. The van der Waals surface area contributed by atoms with E-state index in [0.717, 1.165) is 31.2 Å². The molecular weight excluding hydrogens is 352 g/mol. The highest BCUT2D eigenvalue weighted by atomic mass is 32.2. The van der Waals surface area contributed by atoms with Gasteiger partial charge in [0.05, 0.1) is 13.7 Å². The zero-order chi connectivity index (χ0) is 18.6. The van der Waals surface area contributed by atoms with Crippen LogP contribution in [0.1, 0.15) is 31.2 Å². The van der Waals surface area contributed by atoms with Gasteiger partial charge in [-0.15, -0.1) is 0 Å². The highest BCUT2D eigenvalue weighted by Crippen LogP contribution is 2.18. The molecule has 1 aliphatic rings. The fraction of sp³-hybridized carbons (Fsp3) is 0.421. The maximum atomic E-state index is 13.0. The third-order valence-electron chi connectivity index (χ3n) is 4.66. The fourth-order valence-corrected chi connectivity index (χ4v) is 4.83. The van der Waals surface area contributed by atoms with Crippen molar-refractivity contribution in [1.29, 1.82) is 0 Å². The third-order valence-corrected chi connectivity index (χ3v) is 6.57. The van der Waals surface area contributed by atoms with Crippen LogP contribution in [0.3, 0.4) is 0 Å². The van der Waals surface area contributed by atoms with Crippen molar-refractivity contribution >= 4 is 10.0 Å². The van der Waals surface area contributed by atoms with Crippen LogP contribution in [0.2, 0.25) is 0 Å². The molecule has 26 heavy (non-hydrogen) atoms. The molecule has 140 valence electrons. The first-order valence-corrected chi connectivity index (χ1v) is 10.3. The molecule has 0 N–H and O–H groups in total. The van der Waals surface area contributed by atoms with Gasteiger partial charge >= 0.3 is 0 Å². The maximum Gasteiger partial charge on any atom is 0.271 e. The number of methoxy groups -OCH3 is 1. The van der Waals surface area contributed by atoms with Crippen LogP contribution in [0.25, 0.3) is 0 Å². The monoisotopic (exact) mass is 376 g/mol. The van der Waals surface area contributed by atoms with Crippen molar-refractivity contribution in [1.82, 2.24) is 8.87 Å². The average Bonchev–Trinajstić information content (AvgIpc) is 2.93. The quantitative estimate of drug-likeness (QED) is 0.804. The predicted octanol–water partition coefficient (Wildman–Crippen LogP) is 2.47. The zero-order valence-corrected chi connectivity index (χ0v) is 15.7. The van der Waals surface area contributed by atoms with Gasteiger partial charge in [-0.2, -0.15) is 4.31 Å². The number of hydrogen-bond donors (Lipinski definition) is 0. The largest absolute Gasteiger partial charge is 0.497 e. The molecule has 6 nitrogen and oxygen atoms in total. The van der Waals surface area contributed by atoms with E-state index < -0.39 is 15.6 Å². The lowest BCUT2D eigenvalue weighted by Gasteiger charge is -2.20. The van der Waals surface area contributed by atoms with E-state index in [1.165, 1.54) is 14.9 Å². The lowest BCUT2D eigenvalue weighted by atomic mass is 10.2. The first-order valence-electron chi connectivity index (χ1n) is 8.85. The molecule has 1 aliphatic heterocycles. The van der Waals surface area contributed by atoms with Crippen LogP contribution in [0.15, 0.2) is 52.3 Å². The van der Waals surface area contributed by atoms with Gasteiger partial charge in [-0.25, -0.2) is 8.42 Å². The van der Waals surface area contributed by atoms with Gasteiger partial charge in [-0.05, 0) is 42.7 Å². The number of nitrogens with zero attached hydrogens (tertiary/aromatic N) is 2. The number of rotatable bonds is 5. The molecule has 1 saturated heterocycles. The van der Waals surface area contributed by atoms with Crippen LogP contribution < -0.4 is 10.3 Å². The fourth-order valence-electron chi connectivity index (χ4n) is 3.22. The summed E-state index contributed by atoms with van der Waals surface area (Å²) >= 11 is 0. The normalized spacial score (nSPS) is 16.2. The third kappa shape index (κ3) is 3.99. The van der Waals surface area contributed by atoms with Crippen molar-refractivity contribution in [2.45, 2.75) is 37.1 Å². The van der Waals surface area contributed by atoms with E-state index in [1.807, 2.05) is 24.3 Å². The molecule has 0 spiro atoms. The molecule has 7 heteroatoms. The molecule has 2 aromatic rings. The Balaban J connectivity index is 1.92. The van der Waals surface area contributed by atoms with Crippen molar-refractivity contribution in [3.05, 3.63) is 58.5 Å². The number of hydrogen-bond acceptors (Lipinski definition) is 4. The summed E-state index contributed by atoms with van der Waals surface area (Å²) in [5, 5.41) is 0. The van der Waals surface area contributed by atoms with E-state index in [4.69, 9.17) is 4.74 Å². The van der Waals surface area contributed by atoms with Gasteiger partial charge in [0, 0.05) is 19.3 Å². The minimum absolute atomic E-state index is 0.148. The van der Waals surface area contributed by atoms with Gasteiger partial charge in [-0.1, -0.05) is 25.0 Å². The van der Waals surface area contributed by atoms with Gasteiger partial charge in [0.15, 0.2) is 0 Å². The van der Waals surface area contributed by atoms with Crippen LogP contribution >= 0.6 is 0 Å². The van der Waals surface area contributed by atoms with E-state index >= 15 is 0 Å². The van der Waals surface area contributed by atoms with E-state index in [1.54, 1.807) is 19.4 Å². The molecule has 0 aliphatic carbocycles. The smallest absolute Gasteiger partial charge is 0.271 e. The van der Waals surface area contributed by atoms with Crippen molar-refractivity contribution in [3.63, 3.8) is 0 Å². The van der Waals surface area contributed by atoms with Gasteiger partial charge in [-0.3, -0.25) is 4.79 Å². The van der Waals surface area contributed by atoms with Crippen LogP contribution in [-0.4, -0.2) is 37.5 Å². The Labute approximate surface area is 154 Å². The molecule has 0 bridgehead atoms. The van der Waals surface area contributed by atoms with Gasteiger partial charge < -0.3 is 9.30 Å². The first kappa shape index (κ1) is 18.7. The minimum Gasteiger partial charge on any atom is -0.497 e. The second-order valence-electron chi connectivity index (χ2n) is 6.48. The molecule has 0 atom stereocenters. The molecule has 1 aromatic carbocycles. The van der Waals surface area contributed by atoms with Gasteiger partial charge in [0.2, 0.25) is 10.0 Å². The molecule has 0 amide bonds. The standard InChI is InChI=1S/C19H24N2O4S/c1-25-17-9-6-8-16(14-17)15-20-11-7-10-18(19(20)22)26(23,24)21-12-4-2-3-5-13-21/h6-11,14H,2-5,12-13,15H2,1H3. The number of sulfonamides is 1. The molecule has 2 heterocycles. The highest BCUT2D eigenvalue weighted by molar-refractivity contribution is 7.89. The maximum absolute atomic E-state index is 13.0. The predicted molar refractivity (Wildman–Crippen MR) is 100 cm³/mol. The van der Waals surface area contributed by atoms with E-state index in [-0.39, 0.29) is 4.90 Å². The van der Waals surface area contributed by atoms with Gasteiger partial charge in [0.25, 0.3) is 5.56 Å². The Kier molecular flexibility index (Phi) is 5.78. The summed E-state index contributed by atoms with van der Waals surface area (Å²) in [6.45, 7) is 1.25. The first-order chi connectivity index (χ1) is 12.5. The van der Waals surface area contributed by atoms with Gasteiger partial charge in [0.1, 0.15) is 10.6 Å². The Morgan fingerprint density at radius 1 is 1.04 bits per heavy atom. The molecule has 0 unspecified atom stereocenters. The summed E-state index contributed by atoms with van der Waals surface area (Å²) in [7, 11) is -2.19. The van der Waals surface area contributed by atoms with Crippen molar-refractivity contribution in [2.75, 3.05) is 20.2 Å². The summed E-state index contributed by atoms with van der Waals surface area (Å²) in [5.74, 6) is 0.698. The van der Waals surface area contributed by atoms with Crippen LogP contribution in [0.5, 0.6) is 5.75 Å². The highest BCUT2D eigenvalue weighted by Gasteiger charge is 2.28. The molecule has 3 rings (SSSR count). The number of aromatic nitrogens is 1. The molecule has 0 saturated carbocycles. The number of pyridine rings is 1. The Morgan fingerprint density at radius 3 is 2.46 bits per heavy atom. The molecular formula is C19H24N2O4S. The van der Waals surface area contributed by atoms with Crippen molar-refractivity contribution in [3.8, 4) is 5.75 Å². The van der Waals surface area contributed by atoms with Crippen LogP contribution in [-0.2, 0) is 16.6 Å². The minimum atomic E-state index is -3.77. The summed E-state index contributed by atoms with van der Waals surface area (Å²) in [6.07, 6.45) is 5.35. The topological polar surface area (TPSA) is 68.6 Å². The van der Waals surface area contributed by atoms with Crippen molar-refractivity contribution in [2.24, 2.45) is 0 Å². The van der Waals surface area contributed by atoms with Crippen LogP contribution in [0.4, 0.5) is 0 Å². The Morgan fingerprint density at radius 2 is 1.77 bits per heavy atom. The second-order valence-corrected chi connectivity index (χ2v) is 8.38. The average molecular weight is 376 g/mol. The Bertz CT molecular complexity index is 913. The SMILES string of the molecule is COc1cccc(Cn2cccc(S(=O)(=O)N3CCCCCC3)c2=O)c1. The summed E-state index contributed by atoms with van der Waals surface area (Å²) in [5.41, 5.74) is 0.385. The summed E-state index contributed by atoms with van der Waals surface area (Å²) < 4.78 is 34.0. The Hall–Kier alpha value is -2.12. The summed E-state index contributed by atoms with van der Waals surface area (Å²) in [4.78, 5) is 12.7. The number of ether oxygens (including phenoxy) is 1. The number of benzene rings is 1. The van der Waals surface area contributed by atoms with Crippen molar-refractivity contribution < 1.29 is 13.2 Å². The van der Waals surface area contributed by atoms with Crippen LogP contribution in [0, 0.1) is 0 Å². The molecule has 0 radical (unpaired) electrons.